The van der Waals surface area contributed by atoms with Crippen molar-refractivity contribution in [1.29, 1.82) is 0 Å². The van der Waals surface area contributed by atoms with Crippen LogP contribution in [0.5, 0.6) is 0 Å². The number of carbonyl (C=O) groups is 1. The molecule has 19 heavy (non-hydrogen) atoms. The first-order chi connectivity index (χ1) is 8.33. The molecule has 1 rings (SSSR count). The maximum Gasteiger partial charge on any atom is 0.236 e. The van der Waals surface area contributed by atoms with Crippen LogP contribution in [-0.2, 0) is 14.8 Å². The monoisotopic (exact) mass is 313 g/mol. The number of nitrogens with two attached hydrogens (primary N) is 1. The average molecular weight is 314 g/mol. The lowest BCUT2D eigenvalue weighted by atomic mass is 10.0. The second kappa shape index (κ2) is 8.04. The molecule has 0 radical (unpaired) electrons. The van der Waals surface area contributed by atoms with Crippen LogP contribution in [0.25, 0.3) is 0 Å². The number of sulfonamides is 1. The Morgan fingerprint density at radius 2 is 2.05 bits per heavy atom. The van der Waals surface area contributed by atoms with E-state index < -0.39 is 16.1 Å². The smallest absolute Gasteiger partial charge is 0.236 e. The van der Waals surface area contributed by atoms with Crippen LogP contribution in [0.3, 0.4) is 0 Å². The van der Waals surface area contributed by atoms with Crippen LogP contribution >= 0.6 is 12.4 Å². The number of hydrogen-bond acceptors (Lipinski definition) is 4. The molecule has 1 atom stereocenters. The Labute approximate surface area is 121 Å². The number of amides is 1. The predicted octanol–water partition coefficient (Wildman–Crippen LogP) is -0.0667. The fourth-order valence-corrected chi connectivity index (χ4v) is 3.52. The van der Waals surface area contributed by atoms with Crippen molar-refractivity contribution in [1.82, 2.24) is 9.62 Å². The van der Waals surface area contributed by atoms with Gasteiger partial charge in [0.1, 0.15) is 0 Å². The van der Waals surface area contributed by atoms with Crippen LogP contribution in [0.4, 0.5) is 0 Å². The van der Waals surface area contributed by atoms with Gasteiger partial charge in [-0.25, -0.2) is 12.7 Å². The summed E-state index contributed by atoms with van der Waals surface area (Å²) in [5.41, 5.74) is 5.72. The van der Waals surface area contributed by atoms with E-state index >= 15 is 0 Å². The first-order valence-electron chi connectivity index (χ1n) is 6.34. The Bertz CT molecular complexity index is 387. The zero-order chi connectivity index (χ0) is 13.8. The lowest BCUT2D eigenvalue weighted by Crippen LogP contribution is -2.44. The van der Waals surface area contributed by atoms with Gasteiger partial charge in [-0.15, -0.1) is 12.4 Å². The SMILES string of the molecule is CC(C)C[C@H](N)C(=O)NCCN1CCCS1(=O)=O.Cl. The van der Waals surface area contributed by atoms with Gasteiger partial charge in [0.2, 0.25) is 15.9 Å². The summed E-state index contributed by atoms with van der Waals surface area (Å²) in [7, 11) is -3.07. The third kappa shape index (κ3) is 6.07. The highest BCUT2D eigenvalue weighted by Gasteiger charge is 2.27. The first-order valence-corrected chi connectivity index (χ1v) is 7.95. The Kier molecular flexibility index (Phi) is 7.88. The predicted molar refractivity (Wildman–Crippen MR) is 77.7 cm³/mol. The van der Waals surface area contributed by atoms with E-state index in [1.807, 2.05) is 13.8 Å². The summed E-state index contributed by atoms with van der Waals surface area (Å²) in [4.78, 5) is 11.6. The van der Waals surface area contributed by atoms with Crippen LogP contribution < -0.4 is 11.1 Å². The van der Waals surface area contributed by atoms with E-state index in [2.05, 4.69) is 5.32 Å². The van der Waals surface area contributed by atoms with Gasteiger partial charge in [-0.1, -0.05) is 13.8 Å². The van der Waals surface area contributed by atoms with Gasteiger partial charge in [0, 0.05) is 19.6 Å². The van der Waals surface area contributed by atoms with Crippen molar-refractivity contribution >= 4 is 28.3 Å². The molecule has 0 unspecified atom stereocenters. The molecule has 1 saturated heterocycles. The molecule has 0 aromatic heterocycles. The summed E-state index contributed by atoms with van der Waals surface area (Å²) >= 11 is 0. The molecule has 1 fully saturated rings. The van der Waals surface area contributed by atoms with Gasteiger partial charge < -0.3 is 11.1 Å². The Hall–Kier alpha value is -0.370. The van der Waals surface area contributed by atoms with Crippen LogP contribution in [0.1, 0.15) is 26.7 Å². The Morgan fingerprint density at radius 3 is 2.53 bits per heavy atom. The van der Waals surface area contributed by atoms with Crippen molar-refractivity contribution in [3.63, 3.8) is 0 Å². The number of nitrogens with zero attached hydrogens (tertiary/aromatic N) is 1. The quantitative estimate of drug-likeness (QED) is 0.718. The lowest BCUT2D eigenvalue weighted by Gasteiger charge is -2.17. The van der Waals surface area contributed by atoms with Gasteiger partial charge in [-0.3, -0.25) is 4.79 Å². The lowest BCUT2D eigenvalue weighted by molar-refractivity contribution is -0.122. The van der Waals surface area contributed by atoms with Gasteiger partial charge in [0.25, 0.3) is 0 Å². The maximum absolute atomic E-state index is 11.6. The molecule has 1 amide bonds. The van der Waals surface area contributed by atoms with Crippen molar-refractivity contribution in [2.75, 3.05) is 25.4 Å². The molecule has 0 aromatic rings. The van der Waals surface area contributed by atoms with E-state index in [1.54, 1.807) is 0 Å². The summed E-state index contributed by atoms with van der Waals surface area (Å²) in [6.07, 6.45) is 1.30. The van der Waals surface area contributed by atoms with E-state index in [4.69, 9.17) is 5.73 Å². The number of rotatable bonds is 6. The summed E-state index contributed by atoms with van der Waals surface area (Å²) in [6, 6.07) is -0.514. The molecule has 6 nitrogen and oxygen atoms in total. The minimum atomic E-state index is -3.07. The Morgan fingerprint density at radius 1 is 1.42 bits per heavy atom. The minimum absolute atomic E-state index is 0. The second-order valence-electron chi connectivity index (χ2n) is 5.10. The van der Waals surface area contributed by atoms with Crippen LogP contribution in [0.2, 0.25) is 0 Å². The summed E-state index contributed by atoms with van der Waals surface area (Å²) in [6.45, 7) is 5.22. The molecule has 3 N–H and O–H groups in total. The number of carbonyl (C=O) groups excluding carboxylic acids is 1. The van der Waals surface area contributed by atoms with Crippen molar-refractivity contribution in [3.8, 4) is 0 Å². The molecular formula is C11H24ClN3O3S. The molecule has 8 heteroatoms. The number of halogens is 1. The molecule has 0 aromatic carbocycles. The normalized spacial score (nSPS) is 20.0. The molecule has 1 heterocycles. The average Bonchev–Trinajstić information content (AvgIpc) is 2.57. The van der Waals surface area contributed by atoms with Crippen molar-refractivity contribution in [2.45, 2.75) is 32.7 Å². The largest absolute Gasteiger partial charge is 0.353 e. The molecule has 0 aliphatic carbocycles. The third-order valence-corrected chi connectivity index (χ3v) is 4.88. The van der Waals surface area contributed by atoms with Crippen LogP contribution in [-0.4, -0.2) is 50.1 Å². The maximum atomic E-state index is 11.6. The fourth-order valence-electron chi connectivity index (χ4n) is 1.99. The van der Waals surface area contributed by atoms with Gasteiger partial charge in [0.05, 0.1) is 11.8 Å². The van der Waals surface area contributed by atoms with E-state index in [0.29, 0.717) is 38.4 Å². The molecule has 1 aliphatic rings. The van der Waals surface area contributed by atoms with Gasteiger partial charge in [-0.2, -0.15) is 0 Å². The number of nitrogens with one attached hydrogen (secondary N) is 1. The van der Waals surface area contributed by atoms with Gasteiger partial charge >= 0.3 is 0 Å². The standard InChI is InChI=1S/C11H23N3O3S.ClH/c1-9(2)8-10(12)11(15)13-4-6-14-5-3-7-18(14,16)17;/h9-10H,3-8,12H2,1-2H3,(H,13,15);1H/t10-;/m0./s1. The van der Waals surface area contributed by atoms with E-state index in [9.17, 15) is 13.2 Å². The van der Waals surface area contributed by atoms with Gasteiger partial charge in [-0.05, 0) is 18.8 Å². The molecule has 0 spiro atoms. The molecule has 0 bridgehead atoms. The van der Waals surface area contributed by atoms with Crippen LogP contribution in [0.15, 0.2) is 0 Å². The van der Waals surface area contributed by atoms with E-state index in [1.165, 1.54) is 4.31 Å². The third-order valence-electron chi connectivity index (χ3n) is 2.93. The highest BCUT2D eigenvalue weighted by atomic mass is 35.5. The summed E-state index contributed by atoms with van der Waals surface area (Å²) in [5, 5.41) is 2.68. The van der Waals surface area contributed by atoms with E-state index in [0.717, 1.165) is 0 Å². The summed E-state index contributed by atoms with van der Waals surface area (Å²) in [5.74, 6) is 0.373. The van der Waals surface area contributed by atoms with E-state index in [-0.39, 0.29) is 24.1 Å². The van der Waals surface area contributed by atoms with Crippen molar-refractivity contribution in [2.24, 2.45) is 11.7 Å². The fraction of sp³-hybridized carbons (Fsp3) is 0.909. The topological polar surface area (TPSA) is 92.5 Å². The first kappa shape index (κ1) is 18.6. The minimum Gasteiger partial charge on any atom is -0.353 e. The van der Waals surface area contributed by atoms with Crippen molar-refractivity contribution in [3.05, 3.63) is 0 Å². The Balaban J connectivity index is 0.00000324. The zero-order valence-corrected chi connectivity index (χ0v) is 13.1. The second-order valence-corrected chi connectivity index (χ2v) is 7.18. The molecule has 114 valence electrons. The molecular weight excluding hydrogens is 290 g/mol. The number of hydrogen-bond donors (Lipinski definition) is 2. The summed E-state index contributed by atoms with van der Waals surface area (Å²) < 4.78 is 24.4. The molecule has 0 saturated carbocycles. The molecule has 1 aliphatic heterocycles. The van der Waals surface area contributed by atoms with Crippen LogP contribution in [0, 0.1) is 5.92 Å². The zero-order valence-electron chi connectivity index (χ0n) is 11.5. The van der Waals surface area contributed by atoms with Crippen molar-refractivity contribution < 1.29 is 13.2 Å². The van der Waals surface area contributed by atoms with Gasteiger partial charge in [0.15, 0.2) is 0 Å². The highest BCUT2D eigenvalue weighted by Crippen LogP contribution is 2.11. The highest BCUT2D eigenvalue weighted by molar-refractivity contribution is 7.89.